The van der Waals surface area contributed by atoms with Gasteiger partial charge in [0.1, 0.15) is 18.0 Å². The highest BCUT2D eigenvalue weighted by molar-refractivity contribution is 5.86. The highest BCUT2D eigenvalue weighted by Gasteiger charge is 2.34. The second-order valence-electron chi connectivity index (χ2n) is 5.40. The Kier molecular flexibility index (Phi) is 5.11. The Bertz CT molecular complexity index is 512. The van der Waals surface area contributed by atoms with E-state index in [4.69, 9.17) is 14.6 Å². The van der Waals surface area contributed by atoms with Crippen LogP contribution in [0.25, 0.3) is 0 Å². The van der Waals surface area contributed by atoms with Crippen molar-refractivity contribution in [2.75, 3.05) is 19.0 Å². The highest BCUT2D eigenvalue weighted by atomic mass is 19.3. The van der Waals surface area contributed by atoms with E-state index in [9.17, 15) is 13.6 Å². The van der Waals surface area contributed by atoms with Gasteiger partial charge < -0.3 is 14.6 Å². The Morgan fingerprint density at radius 2 is 1.95 bits per heavy atom. The molecule has 0 saturated carbocycles. The number of methoxy groups -OCH3 is 1. The van der Waals surface area contributed by atoms with Crippen LogP contribution in [0.2, 0.25) is 0 Å². The molecule has 7 heteroatoms. The van der Waals surface area contributed by atoms with Crippen molar-refractivity contribution in [1.82, 2.24) is 0 Å². The van der Waals surface area contributed by atoms with Gasteiger partial charge in [-0.1, -0.05) is 0 Å². The van der Waals surface area contributed by atoms with Crippen LogP contribution in [0.3, 0.4) is 0 Å². The zero-order valence-electron chi connectivity index (χ0n) is 12.4. The van der Waals surface area contributed by atoms with E-state index in [1.807, 2.05) is 0 Å². The van der Waals surface area contributed by atoms with Crippen molar-refractivity contribution in [3.8, 4) is 5.75 Å². The van der Waals surface area contributed by atoms with Gasteiger partial charge in [-0.25, -0.2) is 4.79 Å². The molecule has 1 rings (SSSR count). The minimum atomic E-state index is -3.51. The fraction of sp³-hybridized carbons (Fsp3) is 0.500. The fourth-order valence-electron chi connectivity index (χ4n) is 1.56. The molecule has 0 radical (unpaired) electrons. The molecule has 1 amide bonds. The monoisotopic (exact) mass is 303 g/mol. The van der Waals surface area contributed by atoms with Crippen LogP contribution in [-0.2, 0) is 10.7 Å². The van der Waals surface area contributed by atoms with Crippen LogP contribution >= 0.6 is 0 Å². The van der Waals surface area contributed by atoms with Gasteiger partial charge in [0.25, 0.3) is 5.92 Å². The number of aliphatic hydroxyl groups excluding tert-OH is 1. The first-order valence-electron chi connectivity index (χ1n) is 6.26. The van der Waals surface area contributed by atoms with Gasteiger partial charge in [0.2, 0.25) is 0 Å². The van der Waals surface area contributed by atoms with Crippen LogP contribution in [0.15, 0.2) is 18.2 Å². The number of halogens is 2. The third-order valence-corrected chi connectivity index (χ3v) is 2.45. The summed E-state index contributed by atoms with van der Waals surface area (Å²) in [6.07, 6.45) is -0.859. The summed E-state index contributed by atoms with van der Waals surface area (Å²) in [7, 11) is 1.33. The number of hydrogen-bond donors (Lipinski definition) is 2. The molecule has 0 unspecified atom stereocenters. The zero-order valence-corrected chi connectivity index (χ0v) is 12.4. The molecule has 0 fully saturated rings. The first-order valence-corrected chi connectivity index (χ1v) is 6.26. The molecule has 0 saturated heterocycles. The standard InChI is InChI=1S/C14H19F2NO4/c1-13(2,3)21-12(19)17-11-6-5-9(20-4)7-10(11)14(15,16)8-18/h5-7,18H,8H2,1-4H3,(H,17,19). The molecule has 5 nitrogen and oxygen atoms in total. The molecule has 0 spiro atoms. The molecule has 0 bridgehead atoms. The number of ether oxygens (including phenoxy) is 2. The van der Waals surface area contributed by atoms with E-state index in [0.717, 1.165) is 6.07 Å². The summed E-state index contributed by atoms with van der Waals surface area (Å²) in [5, 5.41) is 11.1. The third-order valence-electron chi connectivity index (χ3n) is 2.45. The van der Waals surface area contributed by atoms with E-state index < -0.39 is 29.8 Å². The number of alkyl halides is 2. The second kappa shape index (κ2) is 6.26. The predicted octanol–water partition coefficient (Wildman–Crippen LogP) is 3.13. The lowest BCUT2D eigenvalue weighted by Gasteiger charge is -2.22. The van der Waals surface area contributed by atoms with Crippen molar-refractivity contribution >= 4 is 11.8 Å². The third kappa shape index (κ3) is 4.86. The SMILES string of the molecule is COc1ccc(NC(=O)OC(C)(C)C)c(C(F)(F)CO)c1. The number of rotatable bonds is 4. The van der Waals surface area contributed by atoms with E-state index in [1.165, 1.54) is 19.2 Å². The number of benzene rings is 1. The van der Waals surface area contributed by atoms with Crippen molar-refractivity contribution in [1.29, 1.82) is 0 Å². The van der Waals surface area contributed by atoms with Crippen LogP contribution in [0.1, 0.15) is 26.3 Å². The normalized spacial score (nSPS) is 12.0. The number of carbonyl (C=O) groups excluding carboxylic acids is 1. The highest BCUT2D eigenvalue weighted by Crippen LogP contribution is 2.35. The van der Waals surface area contributed by atoms with Crippen LogP contribution in [0.4, 0.5) is 19.3 Å². The fourth-order valence-corrected chi connectivity index (χ4v) is 1.56. The van der Waals surface area contributed by atoms with E-state index >= 15 is 0 Å². The van der Waals surface area contributed by atoms with E-state index in [1.54, 1.807) is 20.8 Å². The quantitative estimate of drug-likeness (QED) is 0.896. The summed E-state index contributed by atoms with van der Waals surface area (Å²) >= 11 is 0. The van der Waals surface area contributed by atoms with Gasteiger partial charge in [0.05, 0.1) is 18.4 Å². The average molecular weight is 303 g/mol. The predicted molar refractivity (Wildman–Crippen MR) is 73.8 cm³/mol. The number of nitrogens with one attached hydrogen (secondary N) is 1. The van der Waals surface area contributed by atoms with Gasteiger partial charge >= 0.3 is 6.09 Å². The molecule has 118 valence electrons. The molecule has 0 atom stereocenters. The Morgan fingerprint density at radius 3 is 2.43 bits per heavy atom. The van der Waals surface area contributed by atoms with Crippen LogP contribution < -0.4 is 10.1 Å². The summed E-state index contributed by atoms with van der Waals surface area (Å²) in [5.41, 5.74) is -1.45. The summed E-state index contributed by atoms with van der Waals surface area (Å²) < 4.78 is 37.4. The maximum atomic E-state index is 13.8. The Balaban J connectivity index is 3.09. The van der Waals surface area contributed by atoms with Gasteiger partial charge in [-0.05, 0) is 39.0 Å². The number of amides is 1. The first kappa shape index (κ1) is 17.2. The van der Waals surface area contributed by atoms with Gasteiger partial charge in [-0.3, -0.25) is 5.32 Å². The van der Waals surface area contributed by atoms with Crippen LogP contribution in [-0.4, -0.2) is 30.5 Å². The molecular weight excluding hydrogens is 284 g/mol. The molecule has 0 heterocycles. The Morgan fingerprint density at radius 1 is 1.33 bits per heavy atom. The van der Waals surface area contributed by atoms with E-state index in [0.29, 0.717) is 0 Å². The van der Waals surface area contributed by atoms with Gasteiger partial charge in [-0.15, -0.1) is 0 Å². The van der Waals surface area contributed by atoms with Crippen molar-refractivity contribution in [3.63, 3.8) is 0 Å². The average Bonchev–Trinajstić information content (AvgIpc) is 2.36. The summed E-state index contributed by atoms with van der Waals surface area (Å²) in [4.78, 5) is 11.7. The number of hydrogen-bond acceptors (Lipinski definition) is 4. The lowest BCUT2D eigenvalue weighted by Crippen LogP contribution is -2.28. The van der Waals surface area contributed by atoms with E-state index in [2.05, 4.69) is 5.32 Å². The zero-order chi connectivity index (χ0) is 16.3. The van der Waals surface area contributed by atoms with Gasteiger partial charge in [-0.2, -0.15) is 8.78 Å². The minimum Gasteiger partial charge on any atom is -0.497 e. The lowest BCUT2D eigenvalue weighted by molar-refractivity contribution is -0.0551. The Labute approximate surface area is 121 Å². The molecule has 2 N–H and O–H groups in total. The smallest absolute Gasteiger partial charge is 0.412 e. The number of carbonyl (C=O) groups is 1. The molecule has 0 aliphatic rings. The molecule has 0 aromatic heterocycles. The van der Waals surface area contributed by atoms with Crippen molar-refractivity contribution < 1.29 is 28.2 Å². The van der Waals surface area contributed by atoms with Crippen molar-refractivity contribution in [2.45, 2.75) is 32.3 Å². The Hall–Kier alpha value is -1.89. The minimum absolute atomic E-state index is 0.149. The lowest BCUT2D eigenvalue weighted by atomic mass is 10.1. The van der Waals surface area contributed by atoms with Crippen LogP contribution in [0, 0.1) is 0 Å². The second-order valence-corrected chi connectivity index (χ2v) is 5.40. The van der Waals surface area contributed by atoms with E-state index in [-0.39, 0.29) is 11.4 Å². The van der Waals surface area contributed by atoms with Gasteiger partial charge in [0, 0.05) is 0 Å². The summed E-state index contributed by atoms with van der Waals surface area (Å²) in [5.74, 6) is -3.33. The first-order chi connectivity index (χ1) is 9.59. The molecule has 1 aromatic rings. The van der Waals surface area contributed by atoms with Crippen molar-refractivity contribution in [3.05, 3.63) is 23.8 Å². The van der Waals surface area contributed by atoms with Crippen LogP contribution in [0.5, 0.6) is 5.75 Å². The largest absolute Gasteiger partial charge is 0.497 e. The number of aliphatic hydroxyl groups is 1. The molecule has 1 aromatic carbocycles. The topological polar surface area (TPSA) is 67.8 Å². The molecular formula is C14H19F2NO4. The molecule has 0 aliphatic heterocycles. The summed E-state index contributed by atoms with van der Waals surface area (Å²) in [6.45, 7) is 3.58. The molecule has 0 aliphatic carbocycles. The van der Waals surface area contributed by atoms with Gasteiger partial charge in [0.15, 0.2) is 0 Å². The van der Waals surface area contributed by atoms with Crippen molar-refractivity contribution in [2.24, 2.45) is 0 Å². The molecule has 21 heavy (non-hydrogen) atoms. The summed E-state index contributed by atoms with van der Waals surface area (Å²) in [6, 6.07) is 3.74. The number of anilines is 1. The maximum absolute atomic E-state index is 13.8. The maximum Gasteiger partial charge on any atom is 0.412 e.